The summed E-state index contributed by atoms with van der Waals surface area (Å²) in [6.45, 7) is 5.99. The smallest absolute Gasteiger partial charge is 0.328 e. The average Bonchev–Trinajstić information content (AvgIpc) is 3.40. The lowest BCUT2D eigenvalue weighted by Crippen LogP contribution is -2.57. The molecular weight excluding hydrogens is 530 g/mol. The molecular formula is C25H41N5O10. The second-order valence-corrected chi connectivity index (χ2v) is 9.81. The molecule has 0 aromatic carbocycles. The van der Waals surface area contributed by atoms with Gasteiger partial charge in [0.25, 0.3) is 0 Å². The van der Waals surface area contributed by atoms with Gasteiger partial charge in [-0.2, -0.15) is 0 Å². The molecule has 0 saturated carbocycles. The first-order valence-corrected chi connectivity index (χ1v) is 13.3. The molecule has 0 aliphatic carbocycles. The standard InChI is InChI=1S/C25H41N5O10/c1-5-13(3)20(28-17(32)6-2)24(38)27-15(9-10-19(34)35)22(36)26-12-18(33)30-11-7-8-16(30)23(37)29-21(14(4)31)25(39)40/h13-16,20-21,31H,5-12H2,1-4H3,(H,26,36)(H,27,38)(H,28,32)(H,29,37)(H,34,35)(H,39,40)/t13-,14+,15-,16-,20-,21-/m0/s1. The van der Waals surface area contributed by atoms with Crippen LogP contribution in [0.4, 0.5) is 0 Å². The van der Waals surface area contributed by atoms with Gasteiger partial charge in [0, 0.05) is 19.4 Å². The van der Waals surface area contributed by atoms with Crippen molar-refractivity contribution >= 4 is 41.5 Å². The van der Waals surface area contributed by atoms with E-state index in [1.54, 1.807) is 13.8 Å². The van der Waals surface area contributed by atoms with Crippen LogP contribution in [0.15, 0.2) is 0 Å². The molecule has 226 valence electrons. The monoisotopic (exact) mass is 571 g/mol. The van der Waals surface area contributed by atoms with E-state index in [9.17, 15) is 43.8 Å². The number of amides is 5. The summed E-state index contributed by atoms with van der Waals surface area (Å²) in [4.78, 5) is 86.9. The molecule has 0 radical (unpaired) electrons. The maximum atomic E-state index is 13.0. The zero-order valence-electron chi connectivity index (χ0n) is 23.3. The molecule has 1 aliphatic heterocycles. The summed E-state index contributed by atoms with van der Waals surface area (Å²) in [6, 6.07) is -4.85. The van der Waals surface area contributed by atoms with Gasteiger partial charge in [-0.25, -0.2) is 4.79 Å². The number of hydrogen-bond donors (Lipinski definition) is 7. The molecule has 40 heavy (non-hydrogen) atoms. The predicted molar refractivity (Wildman–Crippen MR) is 139 cm³/mol. The minimum atomic E-state index is -1.57. The Morgan fingerprint density at radius 2 is 1.57 bits per heavy atom. The molecule has 1 heterocycles. The lowest BCUT2D eigenvalue weighted by molar-refractivity contribution is -0.146. The van der Waals surface area contributed by atoms with Gasteiger partial charge in [0.05, 0.1) is 12.6 Å². The zero-order valence-corrected chi connectivity index (χ0v) is 23.3. The number of nitrogens with zero attached hydrogens (tertiary/aromatic N) is 1. The number of likely N-dealkylation sites (tertiary alicyclic amines) is 1. The number of aliphatic carboxylic acids is 2. The fourth-order valence-electron chi connectivity index (χ4n) is 4.14. The van der Waals surface area contributed by atoms with E-state index in [2.05, 4.69) is 21.3 Å². The predicted octanol–water partition coefficient (Wildman–Crippen LogP) is -1.67. The van der Waals surface area contributed by atoms with Crippen LogP contribution in [0.25, 0.3) is 0 Å². The number of nitrogens with one attached hydrogen (secondary N) is 4. The second kappa shape index (κ2) is 16.4. The van der Waals surface area contributed by atoms with Crippen molar-refractivity contribution < 1.29 is 48.9 Å². The molecule has 6 atom stereocenters. The lowest BCUT2D eigenvalue weighted by Gasteiger charge is -2.27. The Labute approximate surface area is 232 Å². The molecule has 0 aromatic heterocycles. The SMILES string of the molecule is CCC(=O)N[C@H](C(=O)N[C@@H](CCC(=O)O)C(=O)NCC(=O)N1CCC[C@H]1C(=O)N[C@H](C(=O)O)[C@@H](C)O)[C@@H](C)CC. The highest BCUT2D eigenvalue weighted by Crippen LogP contribution is 2.18. The third kappa shape index (κ3) is 10.4. The van der Waals surface area contributed by atoms with Crippen LogP contribution in [-0.4, -0.2) is 105 Å². The molecule has 1 aliphatic rings. The van der Waals surface area contributed by atoms with Gasteiger partial charge in [-0.1, -0.05) is 27.2 Å². The van der Waals surface area contributed by atoms with Crippen molar-refractivity contribution in [3.05, 3.63) is 0 Å². The van der Waals surface area contributed by atoms with E-state index in [1.165, 1.54) is 11.8 Å². The van der Waals surface area contributed by atoms with Crippen LogP contribution >= 0.6 is 0 Å². The highest BCUT2D eigenvalue weighted by molar-refractivity contribution is 5.95. The first-order valence-electron chi connectivity index (χ1n) is 13.3. The first kappa shape index (κ1) is 34.3. The van der Waals surface area contributed by atoms with Crippen LogP contribution in [0.5, 0.6) is 0 Å². The highest BCUT2D eigenvalue weighted by atomic mass is 16.4. The maximum absolute atomic E-state index is 13.0. The molecule has 0 aromatic rings. The number of aliphatic hydroxyl groups is 1. The van der Waals surface area contributed by atoms with Crippen LogP contribution < -0.4 is 21.3 Å². The van der Waals surface area contributed by atoms with E-state index >= 15 is 0 Å². The third-order valence-corrected chi connectivity index (χ3v) is 6.75. The average molecular weight is 572 g/mol. The highest BCUT2D eigenvalue weighted by Gasteiger charge is 2.37. The van der Waals surface area contributed by atoms with Crippen molar-refractivity contribution in [3.63, 3.8) is 0 Å². The Balaban J connectivity index is 2.91. The van der Waals surface area contributed by atoms with Gasteiger partial charge in [0.2, 0.25) is 29.5 Å². The van der Waals surface area contributed by atoms with Gasteiger partial charge in [-0.3, -0.25) is 28.8 Å². The topological polar surface area (TPSA) is 232 Å². The van der Waals surface area contributed by atoms with E-state index in [1.807, 2.05) is 6.92 Å². The van der Waals surface area contributed by atoms with Crippen molar-refractivity contribution in [2.45, 2.75) is 96.5 Å². The molecule has 15 heteroatoms. The fraction of sp³-hybridized carbons (Fsp3) is 0.720. The number of carbonyl (C=O) groups is 7. The molecule has 1 fully saturated rings. The zero-order chi connectivity index (χ0) is 30.6. The van der Waals surface area contributed by atoms with Gasteiger partial charge < -0.3 is 41.5 Å². The van der Waals surface area contributed by atoms with E-state index in [0.717, 1.165) is 0 Å². The molecule has 1 saturated heterocycles. The number of carboxylic acid groups (broad SMARTS) is 2. The van der Waals surface area contributed by atoms with Crippen LogP contribution in [0.1, 0.15) is 66.2 Å². The second-order valence-electron chi connectivity index (χ2n) is 9.81. The first-order chi connectivity index (χ1) is 18.7. The van der Waals surface area contributed by atoms with Crippen LogP contribution in [0.2, 0.25) is 0 Å². The van der Waals surface area contributed by atoms with Gasteiger partial charge in [0.15, 0.2) is 6.04 Å². The van der Waals surface area contributed by atoms with Gasteiger partial charge in [-0.05, 0) is 32.1 Å². The van der Waals surface area contributed by atoms with E-state index in [4.69, 9.17) is 5.11 Å². The van der Waals surface area contributed by atoms with Crippen molar-refractivity contribution in [1.29, 1.82) is 0 Å². The van der Waals surface area contributed by atoms with Crippen molar-refractivity contribution in [2.24, 2.45) is 5.92 Å². The number of carbonyl (C=O) groups excluding carboxylic acids is 5. The molecule has 5 amide bonds. The largest absolute Gasteiger partial charge is 0.481 e. The Hall–Kier alpha value is -3.75. The van der Waals surface area contributed by atoms with E-state index in [0.29, 0.717) is 12.8 Å². The molecule has 0 spiro atoms. The summed E-state index contributed by atoms with van der Waals surface area (Å²) in [5, 5.41) is 37.6. The minimum absolute atomic E-state index is 0.136. The van der Waals surface area contributed by atoms with Crippen LogP contribution in [0.3, 0.4) is 0 Å². The van der Waals surface area contributed by atoms with E-state index in [-0.39, 0.29) is 37.6 Å². The Morgan fingerprint density at radius 1 is 0.925 bits per heavy atom. The van der Waals surface area contributed by atoms with Crippen LogP contribution in [0, 0.1) is 5.92 Å². The summed E-state index contributed by atoms with van der Waals surface area (Å²) in [5.74, 6) is -6.20. The number of aliphatic hydroxyl groups excluding tert-OH is 1. The number of carboxylic acids is 2. The fourth-order valence-corrected chi connectivity index (χ4v) is 4.14. The third-order valence-electron chi connectivity index (χ3n) is 6.75. The van der Waals surface area contributed by atoms with Crippen LogP contribution in [-0.2, 0) is 33.6 Å². The van der Waals surface area contributed by atoms with Gasteiger partial charge in [-0.15, -0.1) is 0 Å². The summed E-state index contributed by atoms with van der Waals surface area (Å²) >= 11 is 0. The van der Waals surface area contributed by atoms with Gasteiger partial charge in [0.1, 0.15) is 18.1 Å². The molecule has 7 N–H and O–H groups in total. The summed E-state index contributed by atoms with van der Waals surface area (Å²) in [5.41, 5.74) is 0. The molecule has 0 unspecified atom stereocenters. The molecule has 0 bridgehead atoms. The number of hydrogen-bond acceptors (Lipinski definition) is 8. The summed E-state index contributed by atoms with van der Waals surface area (Å²) in [7, 11) is 0. The molecule has 1 rings (SSSR count). The van der Waals surface area contributed by atoms with E-state index < -0.39 is 78.8 Å². The summed E-state index contributed by atoms with van der Waals surface area (Å²) in [6.07, 6.45) is -0.740. The Bertz CT molecular complexity index is 956. The van der Waals surface area contributed by atoms with Gasteiger partial charge >= 0.3 is 11.9 Å². The van der Waals surface area contributed by atoms with Crippen molar-refractivity contribution in [1.82, 2.24) is 26.2 Å². The Morgan fingerprint density at radius 3 is 2.10 bits per heavy atom. The maximum Gasteiger partial charge on any atom is 0.328 e. The Kier molecular flexibility index (Phi) is 14.0. The summed E-state index contributed by atoms with van der Waals surface area (Å²) < 4.78 is 0. The number of rotatable bonds is 16. The van der Waals surface area contributed by atoms with Crippen molar-refractivity contribution in [3.8, 4) is 0 Å². The normalized spacial score (nSPS) is 18.4. The van der Waals surface area contributed by atoms with Crippen molar-refractivity contribution in [2.75, 3.05) is 13.1 Å². The lowest BCUT2D eigenvalue weighted by atomic mass is 9.97. The minimum Gasteiger partial charge on any atom is -0.481 e. The molecule has 15 nitrogen and oxygen atoms in total. The quantitative estimate of drug-likeness (QED) is 0.111.